The molecule has 0 saturated carbocycles. The molecule has 5 heteroatoms. The van der Waals surface area contributed by atoms with Crippen LogP contribution in [0.3, 0.4) is 0 Å². The number of aromatic nitrogens is 3. The highest BCUT2D eigenvalue weighted by molar-refractivity contribution is 5.88. The second-order valence-electron chi connectivity index (χ2n) is 7.14. The summed E-state index contributed by atoms with van der Waals surface area (Å²) in [6.07, 6.45) is 2.16. The Morgan fingerprint density at radius 2 is 2.12 bits per heavy atom. The minimum atomic E-state index is 0.373. The number of likely N-dealkylation sites (tertiary alicyclic amines) is 1. The van der Waals surface area contributed by atoms with Crippen LogP contribution in [-0.2, 0) is 0 Å². The first-order valence-corrected chi connectivity index (χ1v) is 8.66. The molecule has 0 amide bonds. The molecule has 3 aromatic rings. The van der Waals surface area contributed by atoms with Gasteiger partial charge in [0.15, 0.2) is 0 Å². The van der Waals surface area contributed by atoms with Gasteiger partial charge in [-0.3, -0.25) is 0 Å². The number of nitrogens with one attached hydrogen (secondary N) is 1. The molecule has 0 aliphatic carbocycles. The second kappa shape index (κ2) is 5.74. The van der Waals surface area contributed by atoms with Crippen LogP contribution in [0.25, 0.3) is 22.3 Å². The van der Waals surface area contributed by atoms with Crippen molar-refractivity contribution < 1.29 is 4.52 Å². The molecule has 1 aliphatic heterocycles. The fourth-order valence-corrected chi connectivity index (χ4v) is 3.63. The van der Waals surface area contributed by atoms with Crippen molar-refractivity contribution in [3.8, 4) is 11.4 Å². The zero-order valence-corrected chi connectivity index (χ0v) is 14.8. The van der Waals surface area contributed by atoms with Gasteiger partial charge in [-0.2, -0.15) is 4.98 Å². The van der Waals surface area contributed by atoms with Crippen LogP contribution in [-0.4, -0.2) is 39.7 Å². The van der Waals surface area contributed by atoms with E-state index in [1.54, 1.807) is 0 Å². The number of rotatable bonds is 2. The summed E-state index contributed by atoms with van der Waals surface area (Å²) in [6, 6.07) is 6.86. The van der Waals surface area contributed by atoms with E-state index >= 15 is 0 Å². The number of piperidine rings is 1. The summed E-state index contributed by atoms with van der Waals surface area (Å²) in [5.41, 5.74) is 4.65. The summed E-state index contributed by atoms with van der Waals surface area (Å²) in [5, 5.41) is 5.47. The van der Waals surface area contributed by atoms with Crippen molar-refractivity contribution in [1.82, 2.24) is 20.0 Å². The van der Waals surface area contributed by atoms with E-state index in [9.17, 15) is 0 Å². The van der Waals surface area contributed by atoms with Gasteiger partial charge in [0.2, 0.25) is 11.7 Å². The Balaban J connectivity index is 1.64. The van der Waals surface area contributed by atoms with Gasteiger partial charge in [-0.05, 0) is 71.0 Å². The van der Waals surface area contributed by atoms with Gasteiger partial charge in [-0.15, -0.1) is 0 Å². The Hall–Kier alpha value is -2.14. The van der Waals surface area contributed by atoms with E-state index in [0.29, 0.717) is 17.8 Å². The number of H-pyrrole nitrogens is 1. The van der Waals surface area contributed by atoms with E-state index in [2.05, 4.69) is 61.1 Å². The number of benzene rings is 1. The molecule has 1 saturated heterocycles. The standard InChI is InChI=1S/C19H24N4O/c1-11-9-15(7-8-23(11)4)19-21-18(22-24-19)14-5-6-17-16(10-14)12(2)13(3)20-17/h5-6,10-11,15,20H,7-9H2,1-4H3/t11-,15-/m1/s1. The predicted molar refractivity (Wildman–Crippen MR) is 95.1 cm³/mol. The third kappa shape index (κ3) is 2.53. The summed E-state index contributed by atoms with van der Waals surface area (Å²) in [7, 11) is 2.18. The summed E-state index contributed by atoms with van der Waals surface area (Å²) < 4.78 is 5.60. The van der Waals surface area contributed by atoms with Crippen molar-refractivity contribution in [2.75, 3.05) is 13.6 Å². The van der Waals surface area contributed by atoms with E-state index in [-0.39, 0.29) is 0 Å². The number of hydrogen-bond acceptors (Lipinski definition) is 4. The lowest BCUT2D eigenvalue weighted by Crippen LogP contribution is -2.36. The van der Waals surface area contributed by atoms with Gasteiger partial charge >= 0.3 is 0 Å². The van der Waals surface area contributed by atoms with Crippen molar-refractivity contribution in [2.45, 2.75) is 45.6 Å². The molecular weight excluding hydrogens is 300 g/mol. The molecule has 2 aromatic heterocycles. The summed E-state index contributed by atoms with van der Waals surface area (Å²) >= 11 is 0. The second-order valence-corrected chi connectivity index (χ2v) is 7.14. The molecule has 0 bridgehead atoms. The average molecular weight is 324 g/mol. The van der Waals surface area contributed by atoms with Crippen molar-refractivity contribution in [3.63, 3.8) is 0 Å². The quantitative estimate of drug-likeness (QED) is 0.773. The van der Waals surface area contributed by atoms with Gasteiger partial charge in [0.1, 0.15) is 0 Å². The molecule has 0 radical (unpaired) electrons. The lowest BCUT2D eigenvalue weighted by molar-refractivity contribution is 0.166. The lowest BCUT2D eigenvalue weighted by Gasteiger charge is -2.33. The van der Waals surface area contributed by atoms with Crippen molar-refractivity contribution in [1.29, 1.82) is 0 Å². The lowest BCUT2D eigenvalue weighted by atomic mass is 9.92. The van der Waals surface area contributed by atoms with Crippen LogP contribution in [0.4, 0.5) is 0 Å². The first-order chi connectivity index (χ1) is 11.5. The fraction of sp³-hybridized carbons (Fsp3) is 0.474. The maximum Gasteiger partial charge on any atom is 0.230 e. The smallest absolute Gasteiger partial charge is 0.230 e. The predicted octanol–water partition coefficient (Wildman–Crippen LogP) is 4.03. The number of nitrogens with zero attached hydrogens (tertiary/aromatic N) is 3. The van der Waals surface area contributed by atoms with E-state index in [1.165, 1.54) is 16.6 Å². The highest BCUT2D eigenvalue weighted by Gasteiger charge is 2.28. The normalized spacial score (nSPS) is 22.3. The van der Waals surface area contributed by atoms with Crippen LogP contribution < -0.4 is 0 Å². The summed E-state index contributed by atoms with van der Waals surface area (Å²) in [6.45, 7) is 7.58. The maximum atomic E-state index is 5.60. The van der Waals surface area contributed by atoms with Crippen molar-refractivity contribution in [3.05, 3.63) is 35.3 Å². The molecule has 24 heavy (non-hydrogen) atoms. The van der Waals surface area contributed by atoms with Crippen LogP contribution >= 0.6 is 0 Å². The Morgan fingerprint density at radius 3 is 2.92 bits per heavy atom. The Labute approximate surface area is 142 Å². The zero-order valence-electron chi connectivity index (χ0n) is 14.8. The van der Waals surface area contributed by atoms with Gasteiger partial charge in [-0.1, -0.05) is 5.16 Å². The number of aromatic amines is 1. The molecule has 3 heterocycles. The fourth-order valence-electron chi connectivity index (χ4n) is 3.63. The molecule has 0 unspecified atom stereocenters. The maximum absolute atomic E-state index is 5.60. The van der Waals surface area contributed by atoms with Crippen LogP contribution in [0.1, 0.15) is 42.8 Å². The van der Waals surface area contributed by atoms with Gasteiger partial charge in [0.05, 0.1) is 0 Å². The number of hydrogen-bond donors (Lipinski definition) is 1. The average Bonchev–Trinajstić information content (AvgIpc) is 3.16. The Bertz CT molecular complexity index is 879. The van der Waals surface area contributed by atoms with E-state index in [0.717, 1.165) is 36.4 Å². The third-order valence-corrected chi connectivity index (χ3v) is 5.57. The van der Waals surface area contributed by atoms with E-state index < -0.39 is 0 Å². The minimum Gasteiger partial charge on any atom is -0.358 e. The highest BCUT2D eigenvalue weighted by atomic mass is 16.5. The van der Waals surface area contributed by atoms with Crippen LogP contribution in [0.2, 0.25) is 0 Å². The molecule has 1 fully saturated rings. The van der Waals surface area contributed by atoms with Crippen molar-refractivity contribution in [2.24, 2.45) is 0 Å². The third-order valence-electron chi connectivity index (χ3n) is 5.57. The summed E-state index contributed by atoms with van der Waals surface area (Å²) in [4.78, 5) is 10.5. The van der Waals surface area contributed by atoms with Gasteiger partial charge in [0, 0.05) is 34.1 Å². The van der Waals surface area contributed by atoms with E-state index in [4.69, 9.17) is 9.51 Å². The molecule has 0 spiro atoms. The molecule has 5 nitrogen and oxygen atoms in total. The number of fused-ring (bicyclic) bond motifs is 1. The number of aryl methyl sites for hydroxylation is 2. The molecule has 1 aromatic carbocycles. The topological polar surface area (TPSA) is 58.0 Å². The van der Waals surface area contributed by atoms with Gasteiger partial charge in [0.25, 0.3) is 0 Å². The van der Waals surface area contributed by atoms with Gasteiger partial charge in [-0.25, -0.2) is 0 Å². The van der Waals surface area contributed by atoms with Crippen LogP contribution in [0, 0.1) is 13.8 Å². The van der Waals surface area contributed by atoms with Gasteiger partial charge < -0.3 is 14.4 Å². The molecule has 2 atom stereocenters. The first-order valence-electron chi connectivity index (χ1n) is 8.66. The Kier molecular flexibility index (Phi) is 3.68. The van der Waals surface area contributed by atoms with Crippen LogP contribution in [0.5, 0.6) is 0 Å². The first kappa shape index (κ1) is 15.4. The molecule has 4 rings (SSSR count). The van der Waals surface area contributed by atoms with E-state index in [1.807, 2.05) is 0 Å². The monoisotopic (exact) mass is 324 g/mol. The largest absolute Gasteiger partial charge is 0.358 e. The molecule has 1 aliphatic rings. The Morgan fingerprint density at radius 1 is 1.29 bits per heavy atom. The highest BCUT2D eigenvalue weighted by Crippen LogP contribution is 2.32. The molecule has 1 N–H and O–H groups in total. The SMILES string of the molecule is Cc1[nH]c2ccc(-c3noc([C@@H]4CCN(C)[C@H](C)C4)n3)cc2c1C. The molecule has 126 valence electrons. The van der Waals surface area contributed by atoms with Crippen molar-refractivity contribution >= 4 is 10.9 Å². The minimum absolute atomic E-state index is 0.373. The zero-order chi connectivity index (χ0) is 16.8. The van der Waals surface area contributed by atoms with Crippen LogP contribution in [0.15, 0.2) is 22.7 Å². The molecular formula is C19H24N4O. The summed E-state index contributed by atoms with van der Waals surface area (Å²) in [5.74, 6) is 1.85.